The molecule has 1 nitrogen and oxygen atoms in total. The fraction of sp³-hybridized carbons (Fsp3) is 0.524. The van der Waals surface area contributed by atoms with Crippen molar-refractivity contribution < 1.29 is 4.43 Å². The molecule has 0 unspecified atom stereocenters. The van der Waals surface area contributed by atoms with Crippen LogP contribution in [0.1, 0.15) is 46.5 Å². The molecule has 0 atom stereocenters. The van der Waals surface area contributed by atoms with Crippen molar-refractivity contribution in [3.8, 4) is 0 Å². The molecule has 0 aliphatic heterocycles. The summed E-state index contributed by atoms with van der Waals surface area (Å²) in [7, 11) is -1.57. The zero-order valence-corrected chi connectivity index (χ0v) is 16.8. The predicted molar refractivity (Wildman–Crippen MR) is 108 cm³/mol. The van der Waals surface area contributed by atoms with Gasteiger partial charge in [-0.15, -0.1) is 0 Å². The maximum Gasteiger partial charge on any atom is 0.191 e. The van der Waals surface area contributed by atoms with Gasteiger partial charge < -0.3 is 4.43 Å². The third-order valence-corrected chi connectivity index (χ3v) is 8.70. The molecule has 0 amide bonds. The highest BCUT2D eigenvalue weighted by Crippen LogP contribution is 2.36. The summed E-state index contributed by atoms with van der Waals surface area (Å²) in [6.45, 7) is 16.0. The van der Waals surface area contributed by atoms with E-state index in [1.807, 2.05) is 12.2 Å². The first-order valence-corrected chi connectivity index (χ1v) is 11.6. The minimum absolute atomic E-state index is 0.305. The molecule has 0 saturated heterocycles. The van der Waals surface area contributed by atoms with Gasteiger partial charge in [0.05, 0.1) is 0 Å². The number of hydrogen-bond donors (Lipinski definition) is 0. The fourth-order valence-corrected chi connectivity index (χ4v) is 2.70. The Morgan fingerprint density at radius 3 is 1.87 bits per heavy atom. The molecule has 0 heterocycles. The molecule has 0 aliphatic carbocycles. The first kappa shape index (κ1) is 21.9. The zero-order chi connectivity index (χ0) is 17.6. The maximum absolute atomic E-state index is 6.16. The minimum atomic E-state index is -1.57. The van der Waals surface area contributed by atoms with E-state index in [9.17, 15) is 0 Å². The van der Waals surface area contributed by atoms with Crippen LogP contribution in [0.3, 0.4) is 0 Å². The molecule has 0 rings (SSSR count). The summed E-state index contributed by atoms with van der Waals surface area (Å²) in [6.07, 6.45) is 23.0. The normalized spacial score (nSPS) is 14.0. The molecule has 0 N–H and O–H groups in total. The predicted octanol–water partition coefficient (Wildman–Crippen LogP) is 6.98. The lowest BCUT2D eigenvalue weighted by atomic mass is 10.2. The van der Waals surface area contributed by atoms with Crippen molar-refractivity contribution in [2.24, 2.45) is 0 Å². The van der Waals surface area contributed by atoms with Crippen molar-refractivity contribution in [3.05, 3.63) is 61.3 Å². The van der Waals surface area contributed by atoms with Gasteiger partial charge in [0.1, 0.15) is 0 Å². The molecule has 2 heteroatoms. The first-order chi connectivity index (χ1) is 10.8. The van der Waals surface area contributed by atoms with Gasteiger partial charge in [-0.2, -0.15) is 0 Å². The molecule has 130 valence electrons. The van der Waals surface area contributed by atoms with Gasteiger partial charge in [-0.25, -0.2) is 0 Å². The second kappa shape index (κ2) is 12.3. The third-order valence-electron chi connectivity index (χ3n) is 4.16. The van der Waals surface area contributed by atoms with Gasteiger partial charge in [0.15, 0.2) is 8.32 Å². The second-order valence-electron chi connectivity index (χ2n) is 7.23. The second-order valence-corrected chi connectivity index (χ2v) is 12.0. The van der Waals surface area contributed by atoms with Crippen LogP contribution in [0.2, 0.25) is 18.1 Å². The Balaban J connectivity index is 3.72. The number of rotatable bonds is 11. The average molecular weight is 333 g/mol. The first-order valence-electron chi connectivity index (χ1n) is 8.71. The Kier molecular flexibility index (Phi) is 11.7. The smallest absolute Gasteiger partial charge is 0.191 e. The van der Waals surface area contributed by atoms with E-state index in [0.717, 1.165) is 32.3 Å². The Labute approximate surface area is 145 Å². The molecule has 0 spiro atoms. The molecule has 0 bridgehead atoms. The van der Waals surface area contributed by atoms with Gasteiger partial charge in [0.25, 0.3) is 0 Å². The SMILES string of the molecule is C=C/C=C/CC/C=C/C=C/C=C/CCCO[Si](C)(C)C(C)(C)C. The van der Waals surface area contributed by atoms with Crippen LogP contribution in [0.4, 0.5) is 0 Å². The number of allylic oxidation sites excluding steroid dienone is 9. The Morgan fingerprint density at radius 1 is 0.826 bits per heavy atom. The summed E-state index contributed by atoms with van der Waals surface area (Å²) in [5.41, 5.74) is 0. The zero-order valence-electron chi connectivity index (χ0n) is 15.8. The van der Waals surface area contributed by atoms with Crippen LogP contribution in [0, 0.1) is 0 Å². The van der Waals surface area contributed by atoms with Gasteiger partial charge in [0, 0.05) is 6.61 Å². The van der Waals surface area contributed by atoms with Crippen molar-refractivity contribution in [3.63, 3.8) is 0 Å². The van der Waals surface area contributed by atoms with E-state index in [4.69, 9.17) is 4.43 Å². The molecule has 0 saturated carbocycles. The lowest BCUT2D eigenvalue weighted by molar-refractivity contribution is 0.283. The molecule has 0 fully saturated rings. The van der Waals surface area contributed by atoms with Crippen LogP contribution in [0.15, 0.2) is 61.3 Å². The standard InChI is InChI=1S/C21H36OSi/c1-7-8-9-10-11-12-13-14-15-16-17-18-19-20-22-23(5,6)21(2,3)4/h7-9,12-17H,1,10-11,18-20H2,2-6H3/b9-8+,13-12+,15-14+,17-16+. The van der Waals surface area contributed by atoms with Crippen LogP contribution < -0.4 is 0 Å². The van der Waals surface area contributed by atoms with Crippen LogP contribution in [0.25, 0.3) is 0 Å². The molecule has 0 aromatic carbocycles. The van der Waals surface area contributed by atoms with Crippen LogP contribution in [-0.4, -0.2) is 14.9 Å². The van der Waals surface area contributed by atoms with Gasteiger partial charge >= 0.3 is 0 Å². The summed E-state index contributed by atoms with van der Waals surface area (Å²) >= 11 is 0. The molecule has 0 aromatic heterocycles. The number of unbranched alkanes of at least 4 members (excludes halogenated alkanes) is 2. The number of hydrogen-bond acceptors (Lipinski definition) is 1. The van der Waals surface area contributed by atoms with E-state index < -0.39 is 8.32 Å². The van der Waals surface area contributed by atoms with Crippen molar-refractivity contribution in [1.29, 1.82) is 0 Å². The molecular weight excluding hydrogens is 296 g/mol. The Morgan fingerprint density at radius 2 is 1.35 bits per heavy atom. The van der Waals surface area contributed by atoms with Gasteiger partial charge in [-0.3, -0.25) is 0 Å². The van der Waals surface area contributed by atoms with Crippen molar-refractivity contribution in [2.75, 3.05) is 6.61 Å². The summed E-state index contributed by atoms with van der Waals surface area (Å²) in [5.74, 6) is 0. The molecule has 0 aliphatic rings. The monoisotopic (exact) mass is 332 g/mol. The lowest BCUT2D eigenvalue weighted by Gasteiger charge is -2.36. The summed E-state index contributed by atoms with van der Waals surface area (Å²) in [4.78, 5) is 0. The highest BCUT2D eigenvalue weighted by Gasteiger charge is 2.36. The van der Waals surface area contributed by atoms with Crippen LogP contribution >= 0.6 is 0 Å². The quantitative estimate of drug-likeness (QED) is 0.225. The van der Waals surface area contributed by atoms with Gasteiger partial charge in [-0.1, -0.05) is 82.0 Å². The fourth-order valence-electron chi connectivity index (χ4n) is 1.61. The summed E-state index contributed by atoms with van der Waals surface area (Å²) < 4.78 is 6.16. The van der Waals surface area contributed by atoms with Crippen LogP contribution in [0.5, 0.6) is 0 Å². The third kappa shape index (κ3) is 12.0. The Bertz CT molecular complexity index is 420. The molecular formula is C21H36OSi. The van der Waals surface area contributed by atoms with E-state index in [1.165, 1.54) is 0 Å². The van der Waals surface area contributed by atoms with E-state index in [2.05, 4.69) is 83.0 Å². The van der Waals surface area contributed by atoms with Gasteiger partial charge in [0.2, 0.25) is 0 Å². The molecule has 0 radical (unpaired) electrons. The summed E-state index contributed by atoms with van der Waals surface area (Å²) in [6, 6.07) is 0. The topological polar surface area (TPSA) is 9.23 Å². The lowest BCUT2D eigenvalue weighted by Crippen LogP contribution is -2.40. The van der Waals surface area contributed by atoms with Crippen molar-refractivity contribution >= 4 is 8.32 Å². The van der Waals surface area contributed by atoms with Crippen LogP contribution in [-0.2, 0) is 4.43 Å². The Hall–Kier alpha value is -1.12. The van der Waals surface area contributed by atoms with Gasteiger partial charge in [-0.05, 0) is 43.8 Å². The van der Waals surface area contributed by atoms with E-state index >= 15 is 0 Å². The van der Waals surface area contributed by atoms with E-state index in [0.29, 0.717) is 5.04 Å². The van der Waals surface area contributed by atoms with E-state index in [1.54, 1.807) is 0 Å². The van der Waals surface area contributed by atoms with Crippen molar-refractivity contribution in [1.82, 2.24) is 0 Å². The maximum atomic E-state index is 6.16. The highest BCUT2D eigenvalue weighted by atomic mass is 28.4. The van der Waals surface area contributed by atoms with Crippen molar-refractivity contribution in [2.45, 2.75) is 64.6 Å². The minimum Gasteiger partial charge on any atom is -0.417 e. The molecule has 23 heavy (non-hydrogen) atoms. The largest absolute Gasteiger partial charge is 0.417 e. The van der Waals surface area contributed by atoms with E-state index in [-0.39, 0.29) is 0 Å². The highest BCUT2D eigenvalue weighted by molar-refractivity contribution is 6.74. The summed E-state index contributed by atoms with van der Waals surface area (Å²) in [5, 5.41) is 0.305. The molecule has 0 aromatic rings. The average Bonchev–Trinajstić information content (AvgIpc) is 2.46.